The number of hydrogen-bond donors (Lipinski definition) is 2. The van der Waals surface area contributed by atoms with Crippen LogP contribution in [0, 0.1) is 0 Å². The zero-order chi connectivity index (χ0) is 21.5. The van der Waals surface area contributed by atoms with Gasteiger partial charge in [-0.3, -0.25) is 0 Å². The fraction of sp³-hybridized carbons (Fsp3) is 0.143. The largest absolute Gasteiger partial charge is 1.00 e. The van der Waals surface area contributed by atoms with E-state index in [1.54, 1.807) is 0 Å². The molecule has 4 rings (SSSR count). The summed E-state index contributed by atoms with van der Waals surface area (Å²) >= 11 is 8.84. The highest BCUT2D eigenvalue weighted by atomic mass is 79.9. The normalized spacial score (nSPS) is 11.1. The van der Waals surface area contributed by atoms with Gasteiger partial charge in [-0.25, -0.2) is 0 Å². The predicted molar refractivity (Wildman–Crippen MR) is 146 cm³/mol. The highest BCUT2D eigenvalue weighted by Gasteiger charge is 2.45. The van der Waals surface area contributed by atoms with Crippen molar-refractivity contribution in [3.05, 3.63) is 126 Å². The molecule has 0 radical (unpaired) electrons. The quantitative estimate of drug-likeness (QED) is 0.250. The first-order chi connectivity index (χ1) is 15.3. The van der Waals surface area contributed by atoms with Crippen molar-refractivity contribution in [1.82, 2.24) is 0 Å². The first kappa shape index (κ1) is 25.1. The lowest BCUT2D eigenvalue weighted by atomic mass is 10.2. The molecule has 4 aromatic carbocycles. The number of rotatable bonds is 8. The maximum absolute atomic E-state index is 4.43. The number of benzene rings is 4. The Morgan fingerprint density at radius 1 is 0.500 bits per heavy atom. The molecule has 0 aromatic heterocycles. The summed E-state index contributed by atoms with van der Waals surface area (Å²) < 4.78 is 0. The Kier molecular flexibility index (Phi) is 9.49. The van der Waals surface area contributed by atoms with Gasteiger partial charge in [0, 0.05) is 5.75 Å². The molecule has 4 aromatic rings. The monoisotopic (exact) mass is 538 g/mol. The van der Waals surface area contributed by atoms with Crippen molar-refractivity contribution in [3.63, 3.8) is 0 Å². The van der Waals surface area contributed by atoms with Gasteiger partial charge < -0.3 is 17.0 Å². The van der Waals surface area contributed by atoms with Gasteiger partial charge >= 0.3 is 0 Å². The average molecular weight is 540 g/mol. The second-order valence-electron chi connectivity index (χ2n) is 7.75. The van der Waals surface area contributed by atoms with Gasteiger partial charge in [0.25, 0.3) is 0 Å². The summed E-state index contributed by atoms with van der Waals surface area (Å²) in [7, 11) is -1.88. The average Bonchev–Trinajstić information content (AvgIpc) is 2.85. The lowest BCUT2D eigenvalue weighted by Gasteiger charge is -2.28. The summed E-state index contributed by atoms with van der Waals surface area (Å²) in [5.41, 5.74) is 3.97. The minimum atomic E-state index is -1.88. The van der Waals surface area contributed by atoms with Gasteiger partial charge in [-0.05, 0) is 65.3 Å². The molecular weight excluding hydrogens is 511 g/mol. The molecule has 0 fully saturated rings. The fourth-order valence-corrected chi connectivity index (χ4v) is 8.85. The van der Waals surface area contributed by atoms with Crippen LogP contribution in [0.25, 0.3) is 0 Å². The summed E-state index contributed by atoms with van der Waals surface area (Å²) in [4.78, 5) is 0. The Hall–Kier alpha value is -1.51. The van der Waals surface area contributed by atoms with E-state index in [1.807, 2.05) is 0 Å². The van der Waals surface area contributed by atoms with Crippen LogP contribution in [-0.4, -0.2) is 5.75 Å². The molecular formula is C28H28BrPS2. The van der Waals surface area contributed by atoms with E-state index in [1.165, 1.54) is 32.6 Å². The van der Waals surface area contributed by atoms with Crippen molar-refractivity contribution in [2.24, 2.45) is 0 Å². The summed E-state index contributed by atoms with van der Waals surface area (Å²) in [6.07, 6.45) is 2.00. The Balaban J connectivity index is 0.00000289. The smallest absolute Gasteiger partial charge is 0.116 e. The van der Waals surface area contributed by atoms with E-state index in [0.717, 1.165) is 24.1 Å². The molecule has 164 valence electrons. The topological polar surface area (TPSA) is 0 Å². The lowest BCUT2D eigenvalue weighted by molar-refractivity contribution is -0.00000591. The number of aryl methyl sites for hydroxylation is 1. The zero-order valence-corrected chi connectivity index (χ0v) is 22.2. The summed E-state index contributed by atoms with van der Waals surface area (Å²) in [5.74, 6) is 1.64. The van der Waals surface area contributed by atoms with Crippen LogP contribution in [0.5, 0.6) is 0 Å². The van der Waals surface area contributed by atoms with Gasteiger partial charge in [0.15, 0.2) is 0 Å². The van der Waals surface area contributed by atoms with Crippen molar-refractivity contribution in [2.45, 2.75) is 18.3 Å². The first-order valence-corrected chi connectivity index (χ1v) is 13.9. The van der Waals surface area contributed by atoms with E-state index in [4.69, 9.17) is 0 Å². The van der Waals surface area contributed by atoms with E-state index in [0.29, 0.717) is 0 Å². The van der Waals surface area contributed by atoms with Crippen LogP contribution < -0.4 is 32.9 Å². The minimum absolute atomic E-state index is 0. The van der Waals surface area contributed by atoms with Crippen molar-refractivity contribution >= 4 is 48.4 Å². The van der Waals surface area contributed by atoms with E-state index in [2.05, 4.69) is 134 Å². The third-order valence-corrected chi connectivity index (χ3v) is 10.8. The molecule has 0 aliphatic heterocycles. The third-order valence-electron chi connectivity index (χ3n) is 5.80. The van der Waals surface area contributed by atoms with Gasteiger partial charge in [-0.15, -0.1) is 0 Å². The van der Waals surface area contributed by atoms with Crippen LogP contribution in [0.4, 0.5) is 0 Å². The summed E-state index contributed by atoms with van der Waals surface area (Å²) in [5, 5.41) is 4.26. The second kappa shape index (κ2) is 12.1. The van der Waals surface area contributed by atoms with Gasteiger partial charge in [-0.2, -0.15) is 25.3 Å². The zero-order valence-electron chi connectivity index (χ0n) is 17.9. The van der Waals surface area contributed by atoms with Gasteiger partial charge in [0.2, 0.25) is 0 Å². The Bertz CT molecular complexity index is 1040. The van der Waals surface area contributed by atoms with Gasteiger partial charge in [-0.1, -0.05) is 72.8 Å². The van der Waals surface area contributed by atoms with Crippen LogP contribution in [0.3, 0.4) is 0 Å². The summed E-state index contributed by atoms with van der Waals surface area (Å²) in [6, 6.07) is 40.4. The Morgan fingerprint density at radius 2 is 0.938 bits per heavy atom. The maximum atomic E-state index is 4.43. The molecule has 4 heteroatoms. The molecule has 0 saturated carbocycles. The standard InChI is InChI=1S/C28H27PS2.BrH/c30-20-19-23-15-17-28(18-16-23)29(26-7-3-1-4-8-26,27-9-5-2-6-10-27)21-24-11-13-25(22-31)14-12-24;/h1-18H,19-22H2,(H-,30,31);1H. The van der Waals surface area contributed by atoms with Gasteiger partial charge in [0.05, 0.1) is 6.16 Å². The van der Waals surface area contributed by atoms with E-state index in [-0.39, 0.29) is 17.0 Å². The number of hydrogen-bond acceptors (Lipinski definition) is 2. The molecule has 0 saturated heterocycles. The van der Waals surface area contributed by atoms with Crippen LogP contribution in [0.1, 0.15) is 16.7 Å². The highest BCUT2D eigenvalue weighted by Crippen LogP contribution is 2.58. The van der Waals surface area contributed by atoms with Crippen molar-refractivity contribution < 1.29 is 17.0 Å². The SMILES string of the molecule is SCCc1ccc([P+](Cc2ccc(CS)cc2)(c2ccccc2)c2ccccc2)cc1.[Br-]. The molecule has 0 amide bonds. The lowest BCUT2D eigenvalue weighted by Crippen LogP contribution is -3.00. The molecule has 0 aliphatic rings. The molecule has 0 spiro atoms. The molecule has 32 heavy (non-hydrogen) atoms. The van der Waals surface area contributed by atoms with E-state index >= 15 is 0 Å². The molecule has 0 unspecified atom stereocenters. The van der Waals surface area contributed by atoms with Crippen molar-refractivity contribution in [2.75, 3.05) is 5.75 Å². The van der Waals surface area contributed by atoms with Crippen LogP contribution in [0.15, 0.2) is 109 Å². The van der Waals surface area contributed by atoms with Gasteiger partial charge in [0.1, 0.15) is 23.2 Å². The second-order valence-corrected chi connectivity index (χ2v) is 12.0. The van der Waals surface area contributed by atoms with Crippen molar-refractivity contribution in [3.8, 4) is 0 Å². The Labute approximate surface area is 214 Å². The molecule has 0 heterocycles. The van der Waals surface area contributed by atoms with E-state index in [9.17, 15) is 0 Å². The van der Waals surface area contributed by atoms with Crippen LogP contribution in [-0.2, 0) is 18.3 Å². The highest BCUT2D eigenvalue weighted by molar-refractivity contribution is 7.95. The minimum Gasteiger partial charge on any atom is -1.00 e. The van der Waals surface area contributed by atoms with E-state index < -0.39 is 7.26 Å². The molecule has 0 aliphatic carbocycles. The number of halogens is 1. The molecule has 0 atom stereocenters. The van der Waals surface area contributed by atoms with Crippen LogP contribution in [0.2, 0.25) is 0 Å². The molecule has 0 bridgehead atoms. The first-order valence-electron chi connectivity index (χ1n) is 10.6. The summed E-state index contributed by atoms with van der Waals surface area (Å²) in [6.45, 7) is 0. The number of thiol groups is 2. The predicted octanol–water partition coefficient (Wildman–Crippen LogP) is 3.09. The Morgan fingerprint density at radius 3 is 1.41 bits per heavy atom. The fourth-order valence-electron chi connectivity index (χ4n) is 4.16. The van der Waals surface area contributed by atoms with Crippen LogP contribution >= 0.6 is 32.5 Å². The molecule has 0 N–H and O–H groups in total. The van der Waals surface area contributed by atoms with Crippen molar-refractivity contribution in [1.29, 1.82) is 0 Å². The third kappa shape index (κ3) is 5.51. The molecule has 0 nitrogen and oxygen atoms in total. The maximum Gasteiger partial charge on any atom is 0.116 e.